The van der Waals surface area contributed by atoms with Crippen LogP contribution in [0, 0.1) is 5.92 Å². The number of pyridine rings is 1. The van der Waals surface area contributed by atoms with Crippen LogP contribution in [0.3, 0.4) is 0 Å². The molecule has 4 nitrogen and oxygen atoms in total. The first kappa shape index (κ1) is 17.3. The zero-order chi connectivity index (χ0) is 16.8. The molecule has 2 aromatic rings. The second-order valence-corrected chi connectivity index (χ2v) is 6.42. The van der Waals surface area contributed by atoms with Gasteiger partial charge in [0.05, 0.1) is 10.9 Å². The summed E-state index contributed by atoms with van der Waals surface area (Å²) in [4.78, 5) is 16.3. The van der Waals surface area contributed by atoms with Crippen LogP contribution in [-0.4, -0.2) is 10.9 Å². The van der Waals surface area contributed by atoms with Gasteiger partial charge in [0.25, 0.3) is 0 Å². The number of rotatable bonds is 6. The number of carbonyl (C=O) groups is 1. The minimum absolute atomic E-state index is 0.136. The van der Waals surface area contributed by atoms with Crippen LogP contribution in [-0.2, 0) is 11.2 Å². The number of aromatic nitrogens is 1. The third kappa shape index (κ3) is 4.96. The summed E-state index contributed by atoms with van der Waals surface area (Å²) >= 11 is 5.99. The zero-order valence-electron chi connectivity index (χ0n) is 13.6. The number of nitrogens with zero attached hydrogens (tertiary/aromatic N) is 1. The van der Waals surface area contributed by atoms with Crippen molar-refractivity contribution in [3.8, 4) is 0 Å². The van der Waals surface area contributed by atoms with E-state index in [1.807, 2.05) is 19.1 Å². The number of amides is 1. The predicted octanol–water partition coefficient (Wildman–Crippen LogP) is 4.18. The topological polar surface area (TPSA) is 54.0 Å². The van der Waals surface area contributed by atoms with Gasteiger partial charge in [0, 0.05) is 6.20 Å². The van der Waals surface area contributed by atoms with Crippen molar-refractivity contribution < 1.29 is 4.79 Å². The van der Waals surface area contributed by atoms with Crippen LogP contribution in [0.1, 0.15) is 37.8 Å². The van der Waals surface area contributed by atoms with Gasteiger partial charge in [-0.2, -0.15) is 0 Å². The Morgan fingerprint density at radius 1 is 1.17 bits per heavy atom. The quantitative estimate of drug-likeness (QED) is 0.781. The molecule has 0 bridgehead atoms. The Morgan fingerprint density at radius 3 is 2.48 bits per heavy atom. The molecule has 0 aliphatic heterocycles. The van der Waals surface area contributed by atoms with Crippen molar-refractivity contribution >= 4 is 23.3 Å². The van der Waals surface area contributed by atoms with E-state index in [4.69, 9.17) is 11.6 Å². The zero-order valence-corrected chi connectivity index (χ0v) is 14.4. The van der Waals surface area contributed by atoms with Crippen molar-refractivity contribution in [2.45, 2.75) is 33.1 Å². The Morgan fingerprint density at radius 2 is 1.87 bits per heavy atom. The van der Waals surface area contributed by atoms with Crippen LogP contribution >= 0.6 is 11.6 Å². The minimum atomic E-state index is -0.266. The highest BCUT2D eigenvalue weighted by atomic mass is 35.5. The van der Waals surface area contributed by atoms with E-state index in [0.717, 1.165) is 12.0 Å². The van der Waals surface area contributed by atoms with Crippen LogP contribution in [0.25, 0.3) is 0 Å². The molecule has 1 amide bonds. The molecule has 0 aliphatic carbocycles. The van der Waals surface area contributed by atoms with Gasteiger partial charge in [0.1, 0.15) is 0 Å². The summed E-state index contributed by atoms with van der Waals surface area (Å²) in [6.07, 6.45) is 2.65. The normalized spacial score (nSPS) is 12.0. The van der Waals surface area contributed by atoms with Crippen molar-refractivity contribution in [2.75, 3.05) is 5.43 Å². The third-order valence-electron chi connectivity index (χ3n) is 3.58. The molecule has 0 spiro atoms. The first-order valence-electron chi connectivity index (χ1n) is 7.72. The molecule has 0 unspecified atom stereocenters. The molecule has 1 heterocycles. The molecule has 1 aromatic heterocycles. The fraction of sp³-hybridized carbons (Fsp3) is 0.333. The van der Waals surface area contributed by atoms with Gasteiger partial charge in [-0.15, -0.1) is 0 Å². The molecule has 0 radical (unpaired) electrons. The molecule has 5 heteroatoms. The first-order valence-corrected chi connectivity index (χ1v) is 8.10. The molecule has 2 rings (SSSR count). The van der Waals surface area contributed by atoms with Gasteiger partial charge in [0.15, 0.2) is 5.82 Å². The second-order valence-electron chi connectivity index (χ2n) is 6.01. The van der Waals surface area contributed by atoms with Crippen molar-refractivity contribution in [1.29, 1.82) is 0 Å². The number of carbonyl (C=O) groups excluding carboxylic acids is 1. The van der Waals surface area contributed by atoms with Gasteiger partial charge in [-0.25, -0.2) is 4.98 Å². The van der Waals surface area contributed by atoms with E-state index in [-0.39, 0.29) is 11.8 Å². The highest BCUT2D eigenvalue weighted by molar-refractivity contribution is 6.32. The lowest BCUT2D eigenvalue weighted by Crippen LogP contribution is -2.33. The Hall–Kier alpha value is -2.07. The summed E-state index contributed by atoms with van der Waals surface area (Å²) < 4.78 is 0. The molecular formula is C18H22ClN3O. The van der Waals surface area contributed by atoms with Gasteiger partial charge in [-0.3, -0.25) is 15.6 Å². The molecule has 2 N–H and O–H groups in total. The maximum absolute atomic E-state index is 12.2. The van der Waals surface area contributed by atoms with Gasteiger partial charge >= 0.3 is 0 Å². The monoisotopic (exact) mass is 331 g/mol. The van der Waals surface area contributed by atoms with Crippen LogP contribution in [0.5, 0.6) is 0 Å². The average molecular weight is 332 g/mol. The summed E-state index contributed by atoms with van der Waals surface area (Å²) in [6.45, 7) is 6.26. The number of hydrogen-bond donors (Lipinski definition) is 2. The SMILES string of the molecule is CC(C)Cc1ccc([C@H](C)C(=O)NNc2ncccc2Cl)cc1. The lowest BCUT2D eigenvalue weighted by Gasteiger charge is -2.15. The third-order valence-corrected chi connectivity index (χ3v) is 3.88. The van der Waals surface area contributed by atoms with Crippen molar-refractivity contribution in [1.82, 2.24) is 10.4 Å². The standard InChI is InChI=1S/C18H22ClN3O/c1-12(2)11-14-6-8-15(9-7-14)13(3)18(23)22-21-17-16(19)5-4-10-20-17/h4-10,12-13H,11H2,1-3H3,(H,20,21)(H,22,23)/t13-/m0/s1. The van der Waals surface area contributed by atoms with Crippen LogP contribution in [0.4, 0.5) is 5.82 Å². The fourth-order valence-electron chi connectivity index (χ4n) is 2.27. The van der Waals surface area contributed by atoms with E-state index < -0.39 is 0 Å². The molecular weight excluding hydrogens is 310 g/mol. The summed E-state index contributed by atoms with van der Waals surface area (Å²) in [7, 11) is 0. The molecule has 23 heavy (non-hydrogen) atoms. The van der Waals surface area contributed by atoms with Crippen molar-refractivity contribution in [3.63, 3.8) is 0 Å². The average Bonchev–Trinajstić information content (AvgIpc) is 2.53. The fourth-order valence-corrected chi connectivity index (χ4v) is 2.44. The van der Waals surface area contributed by atoms with Crippen molar-refractivity contribution in [2.24, 2.45) is 5.92 Å². The van der Waals surface area contributed by atoms with E-state index in [9.17, 15) is 4.79 Å². The van der Waals surface area contributed by atoms with Gasteiger partial charge < -0.3 is 0 Å². The Balaban J connectivity index is 1.95. The molecule has 0 saturated carbocycles. The summed E-state index contributed by atoms with van der Waals surface area (Å²) in [5.74, 6) is 0.650. The van der Waals surface area contributed by atoms with Crippen LogP contribution in [0.15, 0.2) is 42.6 Å². The summed E-state index contributed by atoms with van der Waals surface area (Å²) in [5, 5.41) is 0.457. The maximum atomic E-state index is 12.2. The largest absolute Gasteiger partial charge is 0.281 e. The number of hydrogen-bond acceptors (Lipinski definition) is 3. The van der Waals surface area contributed by atoms with E-state index in [1.165, 1.54) is 5.56 Å². The van der Waals surface area contributed by atoms with E-state index in [2.05, 4.69) is 41.8 Å². The molecule has 0 fully saturated rings. The van der Waals surface area contributed by atoms with E-state index >= 15 is 0 Å². The Labute approximate surface area is 142 Å². The maximum Gasteiger partial charge on any atom is 0.245 e. The summed E-state index contributed by atoms with van der Waals surface area (Å²) in [6, 6.07) is 11.6. The first-order chi connectivity index (χ1) is 11.0. The predicted molar refractivity (Wildman–Crippen MR) is 94.4 cm³/mol. The smallest absolute Gasteiger partial charge is 0.245 e. The van der Waals surface area contributed by atoms with Crippen LogP contribution < -0.4 is 10.9 Å². The molecule has 1 atom stereocenters. The molecule has 0 saturated heterocycles. The van der Waals surface area contributed by atoms with Gasteiger partial charge in [-0.05, 0) is 42.5 Å². The van der Waals surface area contributed by atoms with Crippen molar-refractivity contribution in [3.05, 3.63) is 58.7 Å². The lowest BCUT2D eigenvalue weighted by atomic mass is 9.96. The number of halogens is 1. The Bertz CT molecular complexity index is 656. The second kappa shape index (κ2) is 7.97. The molecule has 1 aromatic carbocycles. The molecule has 122 valence electrons. The minimum Gasteiger partial charge on any atom is -0.281 e. The van der Waals surface area contributed by atoms with Gasteiger partial charge in [-0.1, -0.05) is 49.7 Å². The number of nitrogens with one attached hydrogen (secondary N) is 2. The van der Waals surface area contributed by atoms with E-state index in [0.29, 0.717) is 16.8 Å². The highest BCUT2D eigenvalue weighted by Gasteiger charge is 2.15. The number of anilines is 1. The molecule has 0 aliphatic rings. The summed E-state index contributed by atoms with van der Waals surface area (Å²) in [5.41, 5.74) is 7.67. The highest BCUT2D eigenvalue weighted by Crippen LogP contribution is 2.19. The van der Waals surface area contributed by atoms with Gasteiger partial charge in [0.2, 0.25) is 5.91 Å². The van der Waals surface area contributed by atoms with E-state index in [1.54, 1.807) is 18.3 Å². The number of benzene rings is 1. The lowest BCUT2D eigenvalue weighted by molar-refractivity contribution is -0.121. The Kier molecular flexibility index (Phi) is 5.99. The van der Waals surface area contributed by atoms with Crippen LogP contribution in [0.2, 0.25) is 5.02 Å². The number of hydrazine groups is 1.